The molecule has 0 unspecified atom stereocenters. The van der Waals surface area contributed by atoms with Crippen molar-refractivity contribution in [2.45, 2.75) is 0 Å². The summed E-state index contributed by atoms with van der Waals surface area (Å²) in [7, 11) is 0. The van der Waals surface area contributed by atoms with Crippen LogP contribution in [0, 0.1) is 0 Å². The highest BCUT2D eigenvalue weighted by Crippen LogP contribution is 2.43. The van der Waals surface area contributed by atoms with E-state index >= 15 is 0 Å². The maximum atomic E-state index is 9.71. The minimum atomic E-state index is -0.0378. The summed E-state index contributed by atoms with van der Waals surface area (Å²) in [6.45, 7) is 0. The molecule has 0 saturated heterocycles. The largest absolute Gasteiger partial charge is 0.504 e. The van der Waals surface area contributed by atoms with E-state index in [9.17, 15) is 10.2 Å². The summed E-state index contributed by atoms with van der Waals surface area (Å²) in [4.78, 5) is 0. The number of furan rings is 1. The molecule has 3 rings (SSSR count). The van der Waals surface area contributed by atoms with Crippen molar-refractivity contribution in [1.29, 1.82) is 0 Å². The van der Waals surface area contributed by atoms with Gasteiger partial charge in [0, 0.05) is 11.4 Å². The lowest BCUT2D eigenvalue weighted by Crippen LogP contribution is -1.88. The molecule has 1 aromatic heterocycles. The molecule has 86 valence electrons. The van der Waals surface area contributed by atoms with E-state index in [1.165, 1.54) is 12.1 Å². The highest BCUT2D eigenvalue weighted by Gasteiger charge is 2.17. The van der Waals surface area contributed by atoms with Crippen molar-refractivity contribution < 1.29 is 14.6 Å². The molecule has 5 nitrogen and oxygen atoms in total. The number of benzene rings is 2. The van der Waals surface area contributed by atoms with Gasteiger partial charge in [-0.15, -0.1) is 0 Å². The predicted octanol–water partition coefficient (Wildman–Crippen LogP) is 2.16. The first kappa shape index (κ1) is 9.65. The van der Waals surface area contributed by atoms with Crippen molar-refractivity contribution in [3.8, 4) is 11.5 Å². The number of nitrogen functional groups attached to an aromatic ring is 2. The third-order valence-corrected chi connectivity index (χ3v) is 2.79. The molecule has 0 aliphatic heterocycles. The predicted molar refractivity (Wildman–Crippen MR) is 65.9 cm³/mol. The van der Waals surface area contributed by atoms with Crippen LogP contribution < -0.4 is 11.5 Å². The lowest BCUT2D eigenvalue weighted by atomic mass is 10.1. The van der Waals surface area contributed by atoms with E-state index < -0.39 is 0 Å². The second-order valence-corrected chi connectivity index (χ2v) is 3.86. The number of hydrogen-bond donors (Lipinski definition) is 4. The molecular weight excluding hydrogens is 220 g/mol. The topological polar surface area (TPSA) is 106 Å². The zero-order valence-electron chi connectivity index (χ0n) is 8.77. The van der Waals surface area contributed by atoms with Crippen LogP contribution in [-0.4, -0.2) is 10.2 Å². The van der Waals surface area contributed by atoms with Gasteiger partial charge >= 0.3 is 0 Å². The molecule has 17 heavy (non-hydrogen) atoms. The number of aromatic hydroxyl groups is 2. The molecule has 0 atom stereocenters. The molecule has 6 N–H and O–H groups in total. The smallest absolute Gasteiger partial charge is 0.179 e. The van der Waals surface area contributed by atoms with Crippen LogP contribution in [0.3, 0.4) is 0 Å². The minimum Gasteiger partial charge on any atom is -0.504 e. The standard InChI is InChI=1S/C12H10N2O3/c13-5-1-3-7(15)11-9(5)10-6(14)2-4-8(16)12(10)17-11/h1-4,15-16H,13-14H2. The Hall–Kier alpha value is -2.56. The quantitative estimate of drug-likeness (QED) is 0.350. The fourth-order valence-corrected chi connectivity index (χ4v) is 2.00. The van der Waals surface area contributed by atoms with E-state index in [1.54, 1.807) is 12.1 Å². The number of fused-ring (bicyclic) bond motifs is 3. The van der Waals surface area contributed by atoms with E-state index in [0.717, 1.165) is 0 Å². The summed E-state index contributed by atoms with van der Waals surface area (Å²) >= 11 is 0. The maximum Gasteiger partial charge on any atom is 0.179 e. The van der Waals surface area contributed by atoms with E-state index in [1.807, 2.05) is 0 Å². The highest BCUT2D eigenvalue weighted by molar-refractivity contribution is 6.18. The monoisotopic (exact) mass is 230 g/mol. The summed E-state index contributed by atoms with van der Waals surface area (Å²) in [6.07, 6.45) is 0. The van der Waals surface area contributed by atoms with E-state index in [2.05, 4.69) is 0 Å². The van der Waals surface area contributed by atoms with Gasteiger partial charge in [0.05, 0.1) is 10.8 Å². The van der Waals surface area contributed by atoms with Gasteiger partial charge in [0.15, 0.2) is 22.7 Å². The van der Waals surface area contributed by atoms with Gasteiger partial charge in [-0.05, 0) is 24.3 Å². The molecule has 2 aromatic carbocycles. The fourth-order valence-electron chi connectivity index (χ4n) is 2.00. The van der Waals surface area contributed by atoms with Gasteiger partial charge in [-0.1, -0.05) is 0 Å². The lowest BCUT2D eigenvalue weighted by molar-refractivity contribution is 0.457. The van der Waals surface area contributed by atoms with Crippen LogP contribution in [0.4, 0.5) is 11.4 Å². The summed E-state index contributed by atoms with van der Waals surface area (Å²) < 4.78 is 5.42. The summed E-state index contributed by atoms with van der Waals surface area (Å²) in [6, 6.07) is 6.01. The first-order valence-electron chi connectivity index (χ1n) is 5.00. The van der Waals surface area contributed by atoms with Crippen LogP contribution in [-0.2, 0) is 0 Å². The van der Waals surface area contributed by atoms with Crippen molar-refractivity contribution in [2.24, 2.45) is 0 Å². The van der Waals surface area contributed by atoms with Crippen LogP contribution in [0.2, 0.25) is 0 Å². The van der Waals surface area contributed by atoms with Crippen molar-refractivity contribution in [3.63, 3.8) is 0 Å². The number of phenols is 2. The van der Waals surface area contributed by atoms with Gasteiger partial charge in [-0.2, -0.15) is 0 Å². The Labute approximate surface area is 95.9 Å². The number of phenolic OH excluding ortho intramolecular Hbond substituents is 2. The van der Waals surface area contributed by atoms with Crippen LogP contribution >= 0.6 is 0 Å². The van der Waals surface area contributed by atoms with Crippen molar-refractivity contribution in [1.82, 2.24) is 0 Å². The van der Waals surface area contributed by atoms with Gasteiger partial charge < -0.3 is 26.1 Å². The van der Waals surface area contributed by atoms with Gasteiger partial charge in [-0.3, -0.25) is 0 Å². The molecule has 0 fully saturated rings. The lowest BCUT2D eigenvalue weighted by Gasteiger charge is -1.99. The summed E-state index contributed by atoms with van der Waals surface area (Å²) in [5, 5.41) is 20.5. The first-order chi connectivity index (χ1) is 8.09. The number of anilines is 2. The second-order valence-electron chi connectivity index (χ2n) is 3.86. The maximum absolute atomic E-state index is 9.71. The molecule has 0 saturated carbocycles. The highest BCUT2D eigenvalue weighted by atomic mass is 16.4. The summed E-state index contributed by atoms with van der Waals surface area (Å²) in [5.74, 6) is -0.0756. The zero-order valence-corrected chi connectivity index (χ0v) is 8.77. The van der Waals surface area contributed by atoms with Gasteiger partial charge in [0.25, 0.3) is 0 Å². The molecule has 1 heterocycles. The van der Waals surface area contributed by atoms with Crippen LogP contribution in [0.25, 0.3) is 21.9 Å². The SMILES string of the molecule is Nc1ccc(O)c2oc3c(O)ccc(N)c3c12. The van der Waals surface area contributed by atoms with Gasteiger partial charge in [-0.25, -0.2) is 0 Å². The van der Waals surface area contributed by atoms with Gasteiger partial charge in [0.2, 0.25) is 0 Å². The van der Waals surface area contributed by atoms with E-state index in [-0.39, 0.29) is 22.7 Å². The third kappa shape index (κ3) is 1.13. The van der Waals surface area contributed by atoms with Crippen molar-refractivity contribution in [2.75, 3.05) is 11.5 Å². The van der Waals surface area contributed by atoms with E-state index in [4.69, 9.17) is 15.9 Å². The molecule has 0 aliphatic carbocycles. The molecule has 0 spiro atoms. The molecular formula is C12H10N2O3. The Bertz CT molecular complexity index is 684. The molecule has 0 bridgehead atoms. The number of nitrogens with two attached hydrogens (primary N) is 2. The first-order valence-corrected chi connectivity index (χ1v) is 5.00. The zero-order chi connectivity index (χ0) is 12.2. The van der Waals surface area contributed by atoms with Crippen LogP contribution in [0.1, 0.15) is 0 Å². The Kier molecular flexibility index (Phi) is 1.69. The minimum absolute atomic E-state index is 0.0378. The Morgan fingerprint density at radius 3 is 1.59 bits per heavy atom. The molecule has 0 amide bonds. The van der Waals surface area contributed by atoms with E-state index in [0.29, 0.717) is 22.1 Å². The van der Waals surface area contributed by atoms with Gasteiger partial charge in [0.1, 0.15) is 0 Å². The number of rotatable bonds is 0. The normalized spacial score (nSPS) is 11.3. The fraction of sp³-hybridized carbons (Fsp3) is 0. The second kappa shape index (κ2) is 2.98. The molecule has 3 aromatic rings. The average molecular weight is 230 g/mol. The van der Waals surface area contributed by atoms with Crippen molar-refractivity contribution in [3.05, 3.63) is 24.3 Å². The average Bonchev–Trinajstić information content (AvgIpc) is 2.71. The van der Waals surface area contributed by atoms with Crippen LogP contribution in [0.15, 0.2) is 28.7 Å². The van der Waals surface area contributed by atoms with Crippen molar-refractivity contribution >= 4 is 33.3 Å². The molecule has 0 aliphatic rings. The summed E-state index contributed by atoms with van der Waals surface area (Å²) in [5.41, 5.74) is 13.0. The molecule has 5 heteroatoms. The Morgan fingerprint density at radius 2 is 1.18 bits per heavy atom. The third-order valence-electron chi connectivity index (χ3n) is 2.79. The number of hydrogen-bond acceptors (Lipinski definition) is 5. The Morgan fingerprint density at radius 1 is 0.765 bits per heavy atom. The molecule has 0 radical (unpaired) electrons. The van der Waals surface area contributed by atoms with Crippen LogP contribution in [0.5, 0.6) is 11.5 Å². The Balaban J connectivity index is 2.69.